The van der Waals surface area contributed by atoms with Crippen LogP contribution < -0.4 is 17.0 Å². The van der Waals surface area contributed by atoms with Crippen LogP contribution in [0, 0.1) is 5.41 Å². The molecule has 0 amide bonds. The molecule has 4 nitrogen and oxygen atoms in total. The first-order chi connectivity index (χ1) is 8.13. The van der Waals surface area contributed by atoms with E-state index < -0.39 is 0 Å². The molecule has 0 atom stereocenters. The van der Waals surface area contributed by atoms with E-state index in [2.05, 4.69) is 21.7 Å². The number of nitrogens with zero attached hydrogens (tertiary/aromatic N) is 1. The van der Waals surface area contributed by atoms with Crippen LogP contribution >= 0.6 is 15.9 Å². The number of halogens is 1. The summed E-state index contributed by atoms with van der Waals surface area (Å²) in [6, 6.07) is 7.84. The molecule has 2 rings (SSSR count). The molecule has 0 unspecified atom stereocenters. The Bertz CT molecular complexity index is 574. The lowest BCUT2D eigenvalue weighted by Gasteiger charge is -2.10. The molecule has 0 aliphatic rings. The number of hydrogen-bond acceptors (Lipinski definition) is 3. The highest BCUT2D eigenvalue weighted by molar-refractivity contribution is 9.10. The second-order valence-electron chi connectivity index (χ2n) is 3.48. The molecule has 0 radical (unpaired) electrons. The maximum Gasteiger partial charge on any atom is 0.125 e. The Kier molecular flexibility index (Phi) is 4.86. The van der Waals surface area contributed by atoms with Gasteiger partial charge >= 0.3 is 0 Å². The molecule has 0 saturated carbocycles. The zero-order valence-electron chi connectivity index (χ0n) is 10.00. The highest BCUT2D eigenvalue weighted by Gasteiger charge is 2.03. The lowest BCUT2D eigenvalue weighted by Crippen LogP contribution is -2.18. The average Bonchev–Trinajstić information content (AvgIpc) is 2.36. The van der Waals surface area contributed by atoms with Crippen molar-refractivity contribution in [1.82, 2.24) is 4.57 Å². The molecule has 0 saturated heterocycles. The van der Waals surface area contributed by atoms with Gasteiger partial charge < -0.3 is 16.0 Å². The van der Waals surface area contributed by atoms with Gasteiger partial charge in [0, 0.05) is 23.5 Å². The lowest BCUT2D eigenvalue weighted by atomic mass is 10.1. The molecule has 5 heteroatoms. The van der Waals surface area contributed by atoms with Crippen LogP contribution in [0.25, 0.3) is 10.9 Å². The topological polar surface area (TPSA) is 80.8 Å². The fraction of sp³-hybridized carbons (Fsp3) is 0.250. The fourth-order valence-electron chi connectivity index (χ4n) is 1.69. The molecule has 1 heterocycles. The monoisotopic (exact) mass is 296 g/mol. The molecule has 0 bridgehead atoms. The van der Waals surface area contributed by atoms with Crippen molar-refractivity contribution in [3.05, 3.63) is 39.8 Å². The van der Waals surface area contributed by atoms with E-state index in [0.717, 1.165) is 20.9 Å². The van der Waals surface area contributed by atoms with Crippen LogP contribution in [0.4, 0.5) is 0 Å². The van der Waals surface area contributed by atoms with Crippen LogP contribution in [-0.4, -0.2) is 11.6 Å². The molecule has 0 spiro atoms. The van der Waals surface area contributed by atoms with Crippen molar-refractivity contribution in [2.75, 3.05) is 7.05 Å². The zero-order valence-corrected chi connectivity index (χ0v) is 11.6. The molecule has 1 aromatic heterocycles. The number of aromatic nitrogens is 1. The number of nitrogens with two attached hydrogens (primary N) is 2. The summed E-state index contributed by atoms with van der Waals surface area (Å²) in [6.07, 6.45) is 0. The van der Waals surface area contributed by atoms with Crippen LogP contribution in [0.5, 0.6) is 0 Å². The number of benzene rings is 1. The lowest BCUT2D eigenvalue weighted by molar-refractivity contribution is 0.847. The molecule has 1 aromatic carbocycles. The van der Waals surface area contributed by atoms with E-state index in [0.29, 0.717) is 12.0 Å². The van der Waals surface area contributed by atoms with Gasteiger partial charge in [-0.15, -0.1) is 0 Å². The van der Waals surface area contributed by atoms with Crippen LogP contribution in [-0.2, 0) is 13.6 Å². The maximum atomic E-state index is 7.81. The zero-order chi connectivity index (χ0) is 13.0. The van der Waals surface area contributed by atoms with Gasteiger partial charge in [-0.3, -0.25) is 5.41 Å². The van der Waals surface area contributed by atoms with Gasteiger partial charge in [-0.1, -0.05) is 22.0 Å². The van der Waals surface area contributed by atoms with Gasteiger partial charge in [0.05, 0.1) is 5.52 Å². The van der Waals surface area contributed by atoms with E-state index in [1.165, 1.54) is 7.05 Å². The van der Waals surface area contributed by atoms with Crippen LogP contribution in [0.1, 0.15) is 5.56 Å². The molecular weight excluding hydrogens is 280 g/mol. The Balaban J connectivity index is 0.000000686. The van der Waals surface area contributed by atoms with Crippen molar-refractivity contribution in [1.29, 1.82) is 5.41 Å². The third kappa shape index (κ3) is 2.74. The van der Waals surface area contributed by atoms with Crippen LogP contribution in [0.2, 0.25) is 0 Å². The van der Waals surface area contributed by atoms with Crippen molar-refractivity contribution in [2.24, 2.45) is 18.5 Å². The minimum atomic E-state index is 0.463. The van der Waals surface area contributed by atoms with E-state index in [-0.39, 0.29) is 0 Å². The third-order valence-corrected chi connectivity index (χ3v) is 3.05. The van der Waals surface area contributed by atoms with E-state index in [1.807, 2.05) is 35.9 Å². The summed E-state index contributed by atoms with van der Waals surface area (Å²) in [5.74, 6) is 0. The van der Waals surface area contributed by atoms with E-state index in [9.17, 15) is 0 Å². The Morgan fingerprint density at radius 3 is 2.53 bits per heavy atom. The standard InChI is InChI=1S/C11H12BrN3.CH5N/c1-15-10-5-8(12)2-3-9(10)7(6-13)4-11(15)14;1-2/h2-5,14H,6,13H2,1H3;2H2,1H3. The van der Waals surface area contributed by atoms with Gasteiger partial charge in [-0.05, 0) is 30.8 Å². The summed E-state index contributed by atoms with van der Waals surface area (Å²) >= 11 is 3.43. The number of rotatable bonds is 1. The van der Waals surface area contributed by atoms with Gasteiger partial charge in [0.15, 0.2) is 0 Å². The van der Waals surface area contributed by atoms with Crippen LogP contribution in [0.15, 0.2) is 28.7 Å². The molecule has 0 fully saturated rings. The van der Waals surface area contributed by atoms with Gasteiger partial charge in [-0.2, -0.15) is 0 Å². The number of fused-ring (bicyclic) bond motifs is 1. The summed E-state index contributed by atoms with van der Waals surface area (Å²) in [7, 11) is 3.39. The van der Waals surface area contributed by atoms with Crippen LogP contribution in [0.3, 0.4) is 0 Å². The van der Waals surface area contributed by atoms with Crippen molar-refractivity contribution in [3.8, 4) is 0 Å². The second-order valence-corrected chi connectivity index (χ2v) is 4.40. The summed E-state index contributed by atoms with van der Waals surface area (Å²) in [6.45, 7) is 0.463. The van der Waals surface area contributed by atoms with E-state index in [4.69, 9.17) is 11.1 Å². The first-order valence-corrected chi connectivity index (χ1v) is 6.03. The SMILES string of the molecule is CN.Cn1c(=N)cc(CN)c2ccc(Br)cc21. The number of nitrogens with one attached hydrogen (secondary N) is 1. The second kappa shape index (κ2) is 5.95. The smallest absolute Gasteiger partial charge is 0.125 e. The Morgan fingerprint density at radius 1 is 1.29 bits per heavy atom. The van der Waals surface area contributed by atoms with E-state index in [1.54, 1.807) is 0 Å². The van der Waals surface area contributed by atoms with Crippen molar-refractivity contribution >= 4 is 26.8 Å². The number of aryl methyl sites for hydroxylation is 1. The van der Waals surface area contributed by atoms with Crippen molar-refractivity contribution in [2.45, 2.75) is 6.54 Å². The van der Waals surface area contributed by atoms with Gasteiger partial charge in [-0.25, -0.2) is 0 Å². The summed E-state index contributed by atoms with van der Waals surface area (Å²) < 4.78 is 2.86. The van der Waals surface area contributed by atoms with Crippen molar-refractivity contribution < 1.29 is 0 Å². The third-order valence-electron chi connectivity index (χ3n) is 2.56. The first-order valence-electron chi connectivity index (χ1n) is 5.24. The summed E-state index contributed by atoms with van der Waals surface area (Å²) in [5, 5.41) is 8.92. The number of hydrogen-bond donors (Lipinski definition) is 3. The summed E-state index contributed by atoms with van der Waals surface area (Å²) in [5.41, 5.74) is 12.7. The fourth-order valence-corrected chi connectivity index (χ4v) is 2.04. The van der Waals surface area contributed by atoms with Gasteiger partial charge in [0.1, 0.15) is 5.49 Å². The van der Waals surface area contributed by atoms with Gasteiger partial charge in [0.25, 0.3) is 0 Å². The largest absolute Gasteiger partial charge is 0.333 e. The highest BCUT2D eigenvalue weighted by Crippen LogP contribution is 2.20. The first kappa shape index (κ1) is 13.9. The molecular formula is C12H17BrN4. The highest BCUT2D eigenvalue weighted by atomic mass is 79.9. The molecule has 17 heavy (non-hydrogen) atoms. The Labute approximate surface area is 109 Å². The quantitative estimate of drug-likeness (QED) is 0.745. The van der Waals surface area contributed by atoms with E-state index >= 15 is 0 Å². The predicted octanol–water partition coefficient (Wildman–Crippen LogP) is 1.45. The molecule has 92 valence electrons. The predicted molar refractivity (Wildman–Crippen MR) is 74.5 cm³/mol. The minimum absolute atomic E-state index is 0.463. The summed E-state index contributed by atoms with van der Waals surface area (Å²) in [4.78, 5) is 0. The van der Waals surface area contributed by atoms with Gasteiger partial charge in [0.2, 0.25) is 0 Å². The maximum absolute atomic E-state index is 7.81. The number of pyridine rings is 1. The molecule has 0 aliphatic heterocycles. The molecule has 0 aliphatic carbocycles. The molecule has 5 N–H and O–H groups in total. The Hall–Kier alpha value is -1.17. The minimum Gasteiger partial charge on any atom is -0.333 e. The molecule has 2 aromatic rings. The average molecular weight is 297 g/mol. The van der Waals surface area contributed by atoms with Crippen molar-refractivity contribution in [3.63, 3.8) is 0 Å². The normalized spacial score (nSPS) is 9.94. The Morgan fingerprint density at radius 2 is 1.94 bits per heavy atom.